The molecule has 0 saturated carbocycles. The lowest BCUT2D eigenvalue weighted by molar-refractivity contribution is -0.274. The molecule has 0 N–H and O–H groups in total. The van der Waals surface area contributed by atoms with Crippen molar-refractivity contribution in [3.05, 3.63) is 52.4 Å². The lowest BCUT2D eigenvalue weighted by Gasteiger charge is -2.11. The molecule has 0 unspecified atom stereocenters. The first-order valence-corrected chi connectivity index (χ1v) is 7.07. The molecule has 3 aromatic rings. The normalized spacial score (nSPS) is 11.6. The van der Waals surface area contributed by atoms with Crippen LogP contribution >= 0.6 is 0 Å². The fourth-order valence-electron chi connectivity index (χ4n) is 2.26. The van der Waals surface area contributed by atoms with E-state index in [1.165, 1.54) is 33.8 Å². The molecule has 0 fully saturated rings. The third-order valence-electron chi connectivity index (χ3n) is 3.36. The number of pyridine rings is 1. The molecule has 0 aliphatic heterocycles. The van der Waals surface area contributed by atoms with Gasteiger partial charge in [-0.1, -0.05) is 0 Å². The number of halogens is 3. The van der Waals surface area contributed by atoms with E-state index in [9.17, 15) is 18.0 Å². The second-order valence-electron chi connectivity index (χ2n) is 5.22. The average molecular weight is 351 g/mol. The predicted molar refractivity (Wildman–Crippen MR) is 81.3 cm³/mol. The number of nitrogens with zero attached hydrogens (tertiary/aromatic N) is 5. The summed E-state index contributed by atoms with van der Waals surface area (Å²) < 4.78 is 41.8. The highest BCUT2D eigenvalue weighted by molar-refractivity contribution is 5.58. The Hall–Kier alpha value is -3.17. The molecule has 0 bridgehead atoms. The Bertz CT molecular complexity index is 961. The zero-order valence-electron chi connectivity index (χ0n) is 13.2. The van der Waals surface area contributed by atoms with Gasteiger partial charge in [-0.05, 0) is 42.0 Å². The fraction of sp³-hybridized carbons (Fsp3) is 0.200. The van der Waals surface area contributed by atoms with Gasteiger partial charge < -0.3 is 4.74 Å². The first-order valence-electron chi connectivity index (χ1n) is 7.07. The Balaban J connectivity index is 2.01. The van der Waals surface area contributed by atoms with Gasteiger partial charge in [-0.15, -0.1) is 23.4 Å². The Morgan fingerprint density at radius 1 is 1.16 bits per heavy atom. The minimum Gasteiger partial charge on any atom is -0.406 e. The van der Waals surface area contributed by atoms with E-state index in [-0.39, 0.29) is 11.3 Å². The van der Waals surface area contributed by atoms with E-state index in [1.807, 2.05) is 0 Å². The number of hydrogen-bond donors (Lipinski definition) is 0. The number of tetrazole rings is 1. The molecule has 2 heterocycles. The van der Waals surface area contributed by atoms with Crippen molar-refractivity contribution >= 4 is 0 Å². The molecule has 1 aromatic carbocycles. The standard InChI is InChI=1S/C15H12F3N5O2/c1-9-7-13(24)23(8-12(9)14-19-21-22(2)20-14)10-3-5-11(6-4-10)25-15(16,17)18/h3-8H,1-2H3. The fourth-order valence-corrected chi connectivity index (χ4v) is 2.26. The summed E-state index contributed by atoms with van der Waals surface area (Å²) in [4.78, 5) is 13.5. The molecule has 10 heteroatoms. The predicted octanol–water partition coefficient (Wildman–Crippen LogP) is 2.24. The molecule has 0 spiro atoms. The van der Waals surface area contributed by atoms with Crippen molar-refractivity contribution in [1.29, 1.82) is 0 Å². The summed E-state index contributed by atoms with van der Waals surface area (Å²) in [7, 11) is 1.61. The van der Waals surface area contributed by atoms with Crippen LogP contribution in [0, 0.1) is 6.92 Å². The van der Waals surface area contributed by atoms with Gasteiger partial charge >= 0.3 is 6.36 Å². The number of benzene rings is 1. The number of rotatable bonds is 3. The first-order chi connectivity index (χ1) is 11.7. The van der Waals surface area contributed by atoms with Gasteiger partial charge in [-0.25, -0.2) is 0 Å². The van der Waals surface area contributed by atoms with Crippen LogP contribution in [0.1, 0.15) is 5.56 Å². The second kappa shape index (κ2) is 6.04. The number of aromatic nitrogens is 5. The number of aryl methyl sites for hydroxylation is 2. The van der Waals surface area contributed by atoms with E-state index in [0.29, 0.717) is 22.6 Å². The highest BCUT2D eigenvalue weighted by Gasteiger charge is 2.31. The van der Waals surface area contributed by atoms with Crippen molar-refractivity contribution in [2.45, 2.75) is 13.3 Å². The summed E-state index contributed by atoms with van der Waals surface area (Å²) in [5.74, 6) is -0.0296. The van der Waals surface area contributed by atoms with Gasteiger partial charge in [-0.3, -0.25) is 9.36 Å². The largest absolute Gasteiger partial charge is 0.573 e. The van der Waals surface area contributed by atoms with Crippen LogP contribution in [-0.4, -0.2) is 31.1 Å². The van der Waals surface area contributed by atoms with Gasteiger partial charge in [0.25, 0.3) is 5.56 Å². The van der Waals surface area contributed by atoms with Gasteiger partial charge in [-0.2, -0.15) is 4.80 Å². The van der Waals surface area contributed by atoms with E-state index >= 15 is 0 Å². The van der Waals surface area contributed by atoms with Crippen LogP contribution in [0.25, 0.3) is 17.1 Å². The van der Waals surface area contributed by atoms with Gasteiger partial charge in [0.15, 0.2) is 0 Å². The zero-order chi connectivity index (χ0) is 18.2. The highest BCUT2D eigenvalue weighted by atomic mass is 19.4. The van der Waals surface area contributed by atoms with E-state index in [2.05, 4.69) is 20.1 Å². The van der Waals surface area contributed by atoms with Crippen molar-refractivity contribution in [2.75, 3.05) is 0 Å². The number of ether oxygens (including phenoxy) is 1. The van der Waals surface area contributed by atoms with Crippen LogP contribution < -0.4 is 10.3 Å². The SMILES string of the molecule is Cc1cc(=O)n(-c2ccc(OC(F)(F)F)cc2)cc1-c1nnn(C)n1. The molecule has 3 rings (SSSR count). The smallest absolute Gasteiger partial charge is 0.406 e. The van der Waals surface area contributed by atoms with Crippen molar-refractivity contribution in [3.63, 3.8) is 0 Å². The molecule has 7 nitrogen and oxygen atoms in total. The topological polar surface area (TPSA) is 74.8 Å². The molecule has 0 amide bonds. The highest BCUT2D eigenvalue weighted by Crippen LogP contribution is 2.24. The summed E-state index contributed by atoms with van der Waals surface area (Å²) in [5, 5.41) is 11.8. The molecular weight excluding hydrogens is 339 g/mol. The Labute approximate surface area is 139 Å². The average Bonchev–Trinajstić information content (AvgIpc) is 2.93. The van der Waals surface area contributed by atoms with E-state index in [1.54, 1.807) is 14.0 Å². The number of alkyl halides is 3. The molecule has 130 valence electrons. The van der Waals surface area contributed by atoms with Crippen LogP contribution in [0.15, 0.2) is 41.3 Å². The summed E-state index contributed by atoms with van der Waals surface area (Å²) in [6.07, 6.45) is -3.25. The molecule has 0 atom stereocenters. The molecule has 0 aliphatic carbocycles. The Kier molecular flexibility index (Phi) is 4.03. The maximum Gasteiger partial charge on any atom is 0.573 e. The van der Waals surface area contributed by atoms with E-state index < -0.39 is 6.36 Å². The Morgan fingerprint density at radius 2 is 1.84 bits per heavy atom. The minimum atomic E-state index is -4.77. The van der Waals surface area contributed by atoms with Crippen LogP contribution in [-0.2, 0) is 7.05 Å². The second-order valence-corrected chi connectivity index (χ2v) is 5.22. The zero-order valence-corrected chi connectivity index (χ0v) is 13.2. The van der Waals surface area contributed by atoms with Crippen LogP contribution in [0.2, 0.25) is 0 Å². The van der Waals surface area contributed by atoms with Gasteiger partial charge in [0, 0.05) is 23.5 Å². The Morgan fingerprint density at radius 3 is 2.40 bits per heavy atom. The van der Waals surface area contributed by atoms with Crippen LogP contribution in [0.5, 0.6) is 5.75 Å². The van der Waals surface area contributed by atoms with Crippen molar-refractivity contribution in [2.24, 2.45) is 7.05 Å². The van der Waals surface area contributed by atoms with Crippen LogP contribution in [0.4, 0.5) is 13.2 Å². The van der Waals surface area contributed by atoms with E-state index in [4.69, 9.17) is 0 Å². The molecule has 0 radical (unpaired) electrons. The molecular formula is C15H12F3N5O2. The lowest BCUT2D eigenvalue weighted by Crippen LogP contribution is -2.19. The van der Waals surface area contributed by atoms with Gasteiger partial charge in [0.2, 0.25) is 5.82 Å². The van der Waals surface area contributed by atoms with Crippen molar-refractivity contribution in [3.8, 4) is 22.8 Å². The monoisotopic (exact) mass is 351 g/mol. The van der Waals surface area contributed by atoms with Gasteiger partial charge in [0.1, 0.15) is 5.75 Å². The maximum atomic E-state index is 12.2. The molecule has 25 heavy (non-hydrogen) atoms. The molecule has 2 aromatic heterocycles. The summed E-state index contributed by atoms with van der Waals surface area (Å²) in [5.41, 5.74) is 1.29. The summed E-state index contributed by atoms with van der Waals surface area (Å²) in [6, 6.07) is 6.37. The van der Waals surface area contributed by atoms with Crippen molar-refractivity contribution < 1.29 is 17.9 Å². The van der Waals surface area contributed by atoms with Crippen LogP contribution in [0.3, 0.4) is 0 Å². The minimum absolute atomic E-state index is 0.338. The first kappa shape index (κ1) is 16.7. The quantitative estimate of drug-likeness (QED) is 0.723. The third kappa shape index (κ3) is 3.67. The van der Waals surface area contributed by atoms with Gasteiger partial charge in [0.05, 0.1) is 7.05 Å². The van der Waals surface area contributed by atoms with E-state index in [0.717, 1.165) is 12.1 Å². The molecule has 0 saturated heterocycles. The summed E-state index contributed by atoms with van der Waals surface area (Å²) in [6.45, 7) is 1.73. The summed E-state index contributed by atoms with van der Waals surface area (Å²) >= 11 is 0. The third-order valence-corrected chi connectivity index (χ3v) is 3.36. The van der Waals surface area contributed by atoms with Crippen molar-refractivity contribution in [1.82, 2.24) is 24.8 Å². The molecule has 0 aliphatic rings. The number of hydrogen-bond acceptors (Lipinski definition) is 5. The maximum absolute atomic E-state index is 12.2. The lowest BCUT2D eigenvalue weighted by atomic mass is 10.1.